The van der Waals surface area contributed by atoms with Gasteiger partial charge in [-0.2, -0.15) is 0 Å². The second kappa shape index (κ2) is 13.9. The average Bonchev–Trinajstić information content (AvgIpc) is 3.94. The lowest BCUT2D eigenvalue weighted by molar-refractivity contribution is 0.590. The molecule has 0 saturated heterocycles. The van der Waals surface area contributed by atoms with E-state index in [9.17, 15) is 0 Å². The van der Waals surface area contributed by atoms with Gasteiger partial charge in [-0.1, -0.05) is 171 Å². The van der Waals surface area contributed by atoms with E-state index >= 15 is 0 Å². The van der Waals surface area contributed by atoms with Crippen molar-refractivity contribution in [1.29, 1.82) is 0 Å². The van der Waals surface area contributed by atoms with Gasteiger partial charge < -0.3 is 9.80 Å². The summed E-state index contributed by atoms with van der Waals surface area (Å²) >= 11 is 3.95. The van der Waals surface area contributed by atoms with E-state index in [4.69, 9.17) is 0 Å². The highest BCUT2D eigenvalue weighted by Crippen LogP contribution is 2.55. The van der Waals surface area contributed by atoms with Crippen LogP contribution in [-0.2, 0) is 16.2 Å². The first-order valence-electron chi connectivity index (χ1n) is 22.7. The monoisotopic (exact) mass is 862 g/mol. The molecule has 0 fully saturated rings. The number of hydrogen-bond acceptors (Lipinski definition) is 4. The summed E-state index contributed by atoms with van der Waals surface area (Å²) in [6.45, 7) is 18.6. The van der Waals surface area contributed by atoms with Crippen LogP contribution in [0.2, 0.25) is 0 Å². The van der Waals surface area contributed by atoms with Crippen LogP contribution in [0.15, 0.2) is 164 Å². The zero-order chi connectivity index (χ0) is 43.9. The lowest BCUT2D eigenvalue weighted by atomic mass is 9.36. The summed E-state index contributed by atoms with van der Waals surface area (Å²) in [7, 11) is 0. The molecule has 7 aromatic carbocycles. The maximum atomic E-state index is 2.62. The SMILES string of the molecule is CC(C)(C)c1ccc(N2c3cccc4c3B(c3sc5cc6c(cc5c3N4c3ccc(C(C)(C)C)cc3)-c3ccccc3C6(C)C)c3c2sc(-c2ccccc2)c3-c2ccccc2)cc1. The Hall–Kier alpha value is -6.14. The predicted molar refractivity (Wildman–Crippen MR) is 280 cm³/mol. The zero-order valence-electron chi connectivity index (χ0n) is 37.9. The van der Waals surface area contributed by atoms with E-state index in [1.807, 2.05) is 22.7 Å². The van der Waals surface area contributed by atoms with Crippen LogP contribution in [-0.4, -0.2) is 6.71 Å². The van der Waals surface area contributed by atoms with E-state index < -0.39 is 0 Å². The Morgan fingerprint density at radius 1 is 0.500 bits per heavy atom. The van der Waals surface area contributed by atoms with Gasteiger partial charge in [-0.3, -0.25) is 0 Å². The molecular formula is C59H51BN2S2. The summed E-state index contributed by atoms with van der Waals surface area (Å²) in [4.78, 5) is 6.52. The number of nitrogens with zero attached hydrogens (tertiary/aromatic N) is 2. The largest absolute Gasteiger partial charge is 0.310 e. The van der Waals surface area contributed by atoms with E-state index in [1.165, 1.54) is 114 Å². The molecule has 5 heteroatoms. The van der Waals surface area contributed by atoms with Gasteiger partial charge in [0.2, 0.25) is 0 Å². The maximum absolute atomic E-state index is 2.62. The van der Waals surface area contributed by atoms with Crippen LogP contribution in [0.1, 0.15) is 77.6 Å². The van der Waals surface area contributed by atoms with Crippen molar-refractivity contribution in [2.75, 3.05) is 9.80 Å². The molecular weight excluding hydrogens is 812 g/mol. The van der Waals surface area contributed by atoms with Crippen LogP contribution >= 0.6 is 22.7 Å². The number of thiophene rings is 2. The molecule has 9 aromatic rings. The molecule has 0 bridgehead atoms. The van der Waals surface area contributed by atoms with Gasteiger partial charge in [0.1, 0.15) is 0 Å². The highest BCUT2D eigenvalue weighted by molar-refractivity contribution is 7.35. The van der Waals surface area contributed by atoms with Gasteiger partial charge in [0.05, 0.1) is 10.7 Å². The molecule has 1 aliphatic carbocycles. The van der Waals surface area contributed by atoms with Crippen LogP contribution < -0.4 is 25.5 Å². The molecule has 2 aromatic heterocycles. The molecule has 64 heavy (non-hydrogen) atoms. The van der Waals surface area contributed by atoms with Crippen molar-refractivity contribution in [3.63, 3.8) is 0 Å². The normalized spacial score (nSPS) is 14.6. The predicted octanol–water partition coefficient (Wildman–Crippen LogP) is 15.3. The summed E-state index contributed by atoms with van der Waals surface area (Å²) in [5.74, 6) is 0. The Morgan fingerprint density at radius 2 is 1.06 bits per heavy atom. The van der Waals surface area contributed by atoms with E-state index in [0.29, 0.717) is 0 Å². The van der Waals surface area contributed by atoms with Gasteiger partial charge in [0.25, 0.3) is 6.71 Å². The van der Waals surface area contributed by atoms with E-state index in [1.54, 1.807) is 0 Å². The highest BCUT2D eigenvalue weighted by atomic mass is 32.1. The van der Waals surface area contributed by atoms with E-state index in [-0.39, 0.29) is 23.0 Å². The third kappa shape index (κ3) is 5.76. The fraction of sp³-hybridized carbons (Fsp3) is 0.186. The lowest BCUT2D eigenvalue weighted by Crippen LogP contribution is -2.60. The summed E-state index contributed by atoms with van der Waals surface area (Å²) in [5.41, 5.74) is 21.0. The first-order valence-corrected chi connectivity index (χ1v) is 24.3. The van der Waals surface area contributed by atoms with Gasteiger partial charge >= 0.3 is 0 Å². The number of anilines is 6. The summed E-state index contributed by atoms with van der Waals surface area (Å²) in [6.07, 6.45) is 0. The van der Waals surface area contributed by atoms with Crippen LogP contribution in [0.3, 0.4) is 0 Å². The second-order valence-electron chi connectivity index (χ2n) is 20.5. The van der Waals surface area contributed by atoms with Crippen molar-refractivity contribution in [1.82, 2.24) is 0 Å². The van der Waals surface area contributed by atoms with Gasteiger partial charge in [0, 0.05) is 47.9 Å². The smallest absolute Gasteiger partial charge is 0.266 e. The Kier molecular flexibility index (Phi) is 8.59. The topological polar surface area (TPSA) is 6.48 Å². The molecule has 312 valence electrons. The number of rotatable bonds is 4. The second-order valence-corrected chi connectivity index (χ2v) is 22.6. The lowest BCUT2D eigenvalue weighted by Gasteiger charge is -2.42. The van der Waals surface area contributed by atoms with Crippen LogP contribution in [0.5, 0.6) is 0 Å². The minimum atomic E-state index is -0.0946. The summed E-state index contributed by atoms with van der Waals surface area (Å²) in [5, 5.41) is 2.61. The zero-order valence-corrected chi connectivity index (χ0v) is 39.5. The minimum absolute atomic E-state index is 0.00264. The number of hydrogen-bond donors (Lipinski definition) is 0. The molecule has 2 nitrogen and oxygen atoms in total. The third-order valence-corrected chi connectivity index (χ3v) is 16.7. The van der Waals surface area contributed by atoms with Gasteiger partial charge in [-0.15, -0.1) is 22.7 Å². The number of benzene rings is 7. The first-order chi connectivity index (χ1) is 30.8. The fourth-order valence-corrected chi connectivity index (χ4v) is 13.6. The summed E-state index contributed by atoms with van der Waals surface area (Å²) in [6, 6.07) is 62.3. The average molecular weight is 863 g/mol. The molecule has 0 N–H and O–H groups in total. The van der Waals surface area contributed by atoms with E-state index in [2.05, 4.69) is 229 Å². The third-order valence-electron chi connectivity index (χ3n) is 14.2. The Bertz CT molecular complexity index is 3310. The molecule has 0 unspecified atom stereocenters. The minimum Gasteiger partial charge on any atom is -0.310 e. The molecule has 0 atom stereocenters. The van der Waals surface area contributed by atoms with Crippen LogP contribution in [0.4, 0.5) is 33.4 Å². The molecule has 12 rings (SSSR count). The van der Waals surface area contributed by atoms with Crippen molar-refractivity contribution < 1.29 is 0 Å². The number of fused-ring (bicyclic) bond motifs is 9. The first kappa shape index (κ1) is 39.5. The van der Waals surface area contributed by atoms with Crippen molar-refractivity contribution in [3.8, 4) is 32.7 Å². The quantitative estimate of drug-likeness (QED) is 0.163. The summed E-state index contributed by atoms with van der Waals surface area (Å²) < 4.78 is 2.75. The van der Waals surface area contributed by atoms with Crippen LogP contribution in [0, 0.1) is 0 Å². The van der Waals surface area contributed by atoms with Crippen molar-refractivity contribution in [2.45, 2.75) is 71.6 Å². The van der Waals surface area contributed by atoms with Gasteiger partial charge in [0.15, 0.2) is 0 Å². The van der Waals surface area contributed by atoms with Crippen molar-refractivity contribution in [2.24, 2.45) is 0 Å². The van der Waals surface area contributed by atoms with Crippen molar-refractivity contribution >= 4 is 88.6 Å². The van der Waals surface area contributed by atoms with E-state index in [0.717, 1.165) is 0 Å². The van der Waals surface area contributed by atoms with Crippen molar-refractivity contribution in [3.05, 3.63) is 186 Å². The highest BCUT2D eigenvalue weighted by Gasteiger charge is 2.48. The molecule has 0 radical (unpaired) electrons. The molecule has 4 heterocycles. The molecule has 3 aliphatic rings. The fourth-order valence-electron chi connectivity index (χ4n) is 10.9. The Labute approximate surface area is 386 Å². The molecule has 2 aliphatic heterocycles. The maximum Gasteiger partial charge on any atom is 0.266 e. The van der Waals surface area contributed by atoms with Gasteiger partial charge in [-0.25, -0.2) is 0 Å². The molecule has 0 spiro atoms. The Balaban J connectivity index is 1.21. The molecule has 0 saturated carbocycles. The van der Waals surface area contributed by atoms with Crippen LogP contribution in [0.25, 0.3) is 42.8 Å². The van der Waals surface area contributed by atoms with Gasteiger partial charge in [-0.05, 0) is 120 Å². The standard InChI is InChI=1S/C59H51BN2S2/c1-57(2,3)38-26-30-40(31-27-38)61-47-24-17-25-48-51(47)60(55-53(61)44-34-43-42-22-15-16-23-45(42)59(7,8)46(43)35-49(44)63-55)52-50(36-18-11-9-12-19-36)54(37-20-13-10-14-21-37)64-56(52)62(48)41-32-28-39(29-33-41)58(4,5)6/h9-35H,1-8H3. The Morgan fingerprint density at radius 3 is 1.69 bits per heavy atom. The molecule has 0 amide bonds.